The van der Waals surface area contributed by atoms with Crippen molar-refractivity contribution in [2.45, 2.75) is 45.0 Å². The molecule has 11 heteroatoms. The molecule has 0 aliphatic carbocycles. The second-order valence-electron chi connectivity index (χ2n) is 6.49. The van der Waals surface area contributed by atoms with Crippen LogP contribution in [0.1, 0.15) is 38.4 Å². The van der Waals surface area contributed by atoms with Crippen molar-refractivity contribution >= 4 is 27.1 Å². The fourth-order valence-electron chi connectivity index (χ4n) is 1.77. The molecule has 0 aromatic carbocycles. The van der Waals surface area contributed by atoms with Gasteiger partial charge in [0.05, 0.1) is 22.1 Å². The summed E-state index contributed by atoms with van der Waals surface area (Å²) in [6, 6.07) is 0. The molecule has 0 bridgehead atoms. The Morgan fingerprint density at radius 1 is 1.27 bits per heavy atom. The van der Waals surface area contributed by atoms with Gasteiger partial charge in [0.25, 0.3) is 0 Å². The van der Waals surface area contributed by atoms with E-state index in [1.165, 1.54) is 0 Å². The van der Waals surface area contributed by atoms with Gasteiger partial charge in [0.2, 0.25) is 0 Å². The van der Waals surface area contributed by atoms with Crippen LogP contribution in [0.3, 0.4) is 0 Å². The maximum absolute atomic E-state index is 12.5. The SMILES string of the molecule is CCNC(=NCCS(=O)(=O)C(C)(C)C)NCCc1nc(C(F)(F)F)cs1. The van der Waals surface area contributed by atoms with E-state index in [0.717, 1.165) is 16.7 Å². The van der Waals surface area contributed by atoms with Crippen molar-refractivity contribution < 1.29 is 21.6 Å². The second-order valence-corrected chi connectivity index (χ2v) is 10.3. The molecule has 0 saturated carbocycles. The van der Waals surface area contributed by atoms with Crippen molar-refractivity contribution in [1.29, 1.82) is 0 Å². The van der Waals surface area contributed by atoms with Gasteiger partial charge in [0, 0.05) is 24.9 Å². The third kappa shape index (κ3) is 7.10. The lowest BCUT2D eigenvalue weighted by atomic mass is 10.3. The van der Waals surface area contributed by atoms with Crippen molar-refractivity contribution in [3.63, 3.8) is 0 Å². The summed E-state index contributed by atoms with van der Waals surface area (Å²) >= 11 is 0.955. The van der Waals surface area contributed by atoms with Crippen molar-refractivity contribution in [2.24, 2.45) is 4.99 Å². The molecule has 6 nitrogen and oxygen atoms in total. The molecule has 0 fully saturated rings. The number of rotatable bonds is 7. The van der Waals surface area contributed by atoms with Crippen LogP contribution in [0.4, 0.5) is 13.2 Å². The summed E-state index contributed by atoms with van der Waals surface area (Å²) < 4.78 is 60.9. The molecule has 0 radical (unpaired) electrons. The minimum Gasteiger partial charge on any atom is -0.357 e. The Kier molecular flexibility index (Phi) is 7.87. The summed E-state index contributed by atoms with van der Waals surface area (Å²) in [4.78, 5) is 7.77. The number of guanidine groups is 1. The summed E-state index contributed by atoms with van der Waals surface area (Å²) in [5, 5.41) is 7.31. The van der Waals surface area contributed by atoms with Crippen molar-refractivity contribution in [3.05, 3.63) is 16.1 Å². The predicted octanol–water partition coefficient (Wildman–Crippen LogP) is 2.47. The van der Waals surface area contributed by atoms with Gasteiger partial charge in [-0.25, -0.2) is 13.4 Å². The van der Waals surface area contributed by atoms with E-state index in [4.69, 9.17) is 0 Å². The normalized spacial score (nSPS) is 13.7. The van der Waals surface area contributed by atoms with Gasteiger partial charge in [0.15, 0.2) is 21.5 Å². The number of halogens is 3. The van der Waals surface area contributed by atoms with E-state index in [0.29, 0.717) is 30.5 Å². The van der Waals surface area contributed by atoms with E-state index >= 15 is 0 Å². The predicted molar refractivity (Wildman–Crippen MR) is 98.3 cm³/mol. The lowest BCUT2D eigenvalue weighted by molar-refractivity contribution is -0.140. The van der Waals surface area contributed by atoms with Crippen LogP contribution in [0.25, 0.3) is 0 Å². The van der Waals surface area contributed by atoms with E-state index < -0.39 is 26.5 Å². The molecule has 26 heavy (non-hydrogen) atoms. The zero-order chi connectivity index (χ0) is 20.0. The number of aliphatic imine (C=N–C) groups is 1. The van der Waals surface area contributed by atoms with E-state index in [2.05, 4.69) is 20.6 Å². The maximum atomic E-state index is 12.5. The Labute approximate surface area is 156 Å². The first-order valence-electron chi connectivity index (χ1n) is 8.13. The highest BCUT2D eigenvalue weighted by molar-refractivity contribution is 7.92. The number of thiazole rings is 1. The minimum atomic E-state index is -4.43. The molecule has 0 unspecified atom stereocenters. The largest absolute Gasteiger partial charge is 0.434 e. The Bertz CT molecular complexity index is 707. The lowest BCUT2D eigenvalue weighted by Gasteiger charge is -2.18. The van der Waals surface area contributed by atoms with Gasteiger partial charge in [-0.2, -0.15) is 13.2 Å². The lowest BCUT2D eigenvalue weighted by Crippen LogP contribution is -2.39. The van der Waals surface area contributed by atoms with E-state index in [1.807, 2.05) is 6.92 Å². The molecule has 2 N–H and O–H groups in total. The van der Waals surface area contributed by atoms with E-state index in [1.54, 1.807) is 20.8 Å². The zero-order valence-corrected chi connectivity index (χ0v) is 16.9. The highest BCUT2D eigenvalue weighted by atomic mass is 32.2. The summed E-state index contributed by atoms with van der Waals surface area (Å²) in [5.74, 6) is 0.346. The van der Waals surface area contributed by atoms with Gasteiger partial charge >= 0.3 is 6.18 Å². The molecule has 0 saturated heterocycles. The number of alkyl halides is 3. The van der Waals surface area contributed by atoms with Crippen molar-refractivity contribution in [1.82, 2.24) is 15.6 Å². The van der Waals surface area contributed by atoms with E-state index in [-0.39, 0.29) is 12.3 Å². The van der Waals surface area contributed by atoms with Crippen LogP contribution < -0.4 is 10.6 Å². The topological polar surface area (TPSA) is 83.5 Å². The Balaban J connectivity index is 2.56. The highest BCUT2D eigenvalue weighted by Gasteiger charge is 2.33. The molecule has 1 aromatic heterocycles. The van der Waals surface area contributed by atoms with Gasteiger partial charge < -0.3 is 10.6 Å². The second kappa shape index (κ2) is 9.03. The first-order valence-corrected chi connectivity index (χ1v) is 10.7. The van der Waals surface area contributed by atoms with Gasteiger partial charge in [0.1, 0.15) is 0 Å². The summed E-state index contributed by atoms with van der Waals surface area (Å²) in [6.45, 7) is 7.79. The highest BCUT2D eigenvalue weighted by Crippen LogP contribution is 2.29. The molecule has 1 rings (SSSR count). The summed E-state index contributed by atoms with van der Waals surface area (Å²) in [7, 11) is -3.26. The quantitative estimate of drug-likeness (QED) is 0.529. The molecule has 1 heterocycles. The van der Waals surface area contributed by atoms with Crippen LogP contribution in [0.2, 0.25) is 0 Å². The standard InChI is InChI=1S/C15H25F3N4O2S2/c1-5-19-13(21-8-9-26(23,24)14(2,3)4)20-7-6-12-22-11(10-25-12)15(16,17)18/h10H,5-9H2,1-4H3,(H2,19,20,21). The number of sulfone groups is 1. The molecule has 0 aliphatic heterocycles. The van der Waals surface area contributed by atoms with Crippen LogP contribution in [0.15, 0.2) is 10.4 Å². The third-order valence-corrected chi connectivity index (χ3v) is 6.88. The molecule has 0 spiro atoms. The fourth-order valence-corrected chi connectivity index (χ4v) is 3.52. The van der Waals surface area contributed by atoms with Gasteiger partial charge in [-0.05, 0) is 27.7 Å². The maximum Gasteiger partial charge on any atom is 0.434 e. The zero-order valence-electron chi connectivity index (χ0n) is 15.3. The van der Waals surface area contributed by atoms with Crippen molar-refractivity contribution in [3.8, 4) is 0 Å². The smallest absolute Gasteiger partial charge is 0.357 e. The van der Waals surface area contributed by atoms with Gasteiger partial charge in [-0.3, -0.25) is 4.99 Å². The first kappa shape index (κ1) is 22.7. The van der Waals surface area contributed by atoms with Crippen LogP contribution in [-0.4, -0.2) is 49.5 Å². The van der Waals surface area contributed by atoms with Crippen molar-refractivity contribution in [2.75, 3.05) is 25.4 Å². The Morgan fingerprint density at radius 2 is 1.92 bits per heavy atom. The third-order valence-electron chi connectivity index (χ3n) is 3.38. The molecule has 150 valence electrons. The number of hydrogen-bond donors (Lipinski definition) is 2. The summed E-state index contributed by atoms with van der Waals surface area (Å²) in [5.41, 5.74) is -0.884. The number of hydrogen-bond acceptors (Lipinski definition) is 5. The molecule has 0 amide bonds. The molecular weight excluding hydrogens is 389 g/mol. The van der Waals surface area contributed by atoms with Gasteiger partial charge in [-0.1, -0.05) is 0 Å². The average molecular weight is 415 g/mol. The number of aromatic nitrogens is 1. The number of nitrogens with zero attached hydrogens (tertiary/aromatic N) is 2. The first-order chi connectivity index (χ1) is 11.9. The fraction of sp³-hybridized carbons (Fsp3) is 0.733. The molecular formula is C15H25F3N4O2S2. The van der Waals surface area contributed by atoms with Crippen LogP contribution >= 0.6 is 11.3 Å². The average Bonchev–Trinajstić information content (AvgIpc) is 2.95. The van der Waals surface area contributed by atoms with Crippen LogP contribution in [0, 0.1) is 0 Å². The number of nitrogens with one attached hydrogen (secondary N) is 2. The summed E-state index contributed by atoms with van der Waals surface area (Å²) in [6.07, 6.45) is -4.12. The molecule has 1 aromatic rings. The Hall–Kier alpha value is -1.36. The molecule has 0 aliphatic rings. The van der Waals surface area contributed by atoms with Crippen LogP contribution in [0.5, 0.6) is 0 Å². The van der Waals surface area contributed by atoms with E-state index in [9.17, 15) is 21.6 Å². The Morgan fingerprint density at radius 3 is 2.42 bits per heavy atom. The molecule has 0 atom stereocenters. The monoisotopic (exact) mass is 414 g/mol. The van der Waals surface area contributed by atoms with Gasteiger partial charge in [-0.15, -0.1) is 11.3 Å². The minimum absolute atomic E-state index is 0.0749. The van der Waals surface area contributed by atoms with Crippen LogP contribution in [-0.2, 0) is 22.4 Å².